The van der Waals surface area contributed by atoms with Crippen molar-refractivity contribution in [2.45, 2.75) is 13.5 Å². The van der Waals surface area contributed by atoms with Gasteiger partial charge in [-0.3, -0.25) is 0 Å². The van der Waals surface area contributed by atoms with Gasteiger partial charge in [-0.1, -0.05) is 36.0 Å². The van der Waals surface area contributed by atoms with Gasteiger partial charge in [-0.25, -0.2) is 0 Å². The molecule has 19 heavy (non-hydrogen) atoms. The van der Waals surface area contributed by atoms with Crippen LogP contribution in [0.2, 0.25) is 5.02 Å². The fourth-order valence-corrected chi connectivity index (χ4v) is 2.07. The summed E-state index contributed by atoms with van der Waals surface area (Å²) < 4.78 is 0. The number of hydrogen-bond acceptors (Lipinski definition) is 2. The maximum absolute atomic E-state index is 5.86. The molecule has 0 unspecified atom stereocenters. The second kappa shape index (κ2) is 6.04. The minimum atomic E-state index is 0.423. The van der Waals surface area contributed by atoms with Crippen LogP contribution >= 0.6 is 23.8 Å². The first kappa shape index (κ1) is 13.8. The van der Waals surface area contributed by atoms with E-state index in [2.05, 4.69) is 5.32 Å². The predicted molar refractivity (Wildman–Crippen MR) is 85.8 cm³/mol. The molecule has 2 nitrogen and oxygen atoms in total. The Morgan fingerprint density at radius 3 is 2.47 bits per heavy atom. The maximum Gasteiger partial charge on any atom is 0.103 e. The molecule has 0 spiro atoms. The minimum Gasteiger partial charge on any atom is -0.389 e. The largest absolute Gasteiger partial charge is 0.389 e. The average Bonchev–Trinajstić information content (AvgIpc) is 2.39. The molecule has 98 valence electrons. The first-order valence-corrected chi connectivity index (χ1v) is 6.73. The molecule has 0 radical (unpaired) electrons. The van der Waals surface area contributed by atoms with E-state index in [0.717, 1.165) is 28.4 Å². The number of benzene rings is 2. The summed E-state index contributed by atoms with van der Waals surface area (Å²) in [4.78, 5) is 0.423. The molecule has 4 heteroatoms. The molecule has 0 amide bonds. The van der Waals surface area contributed by atoms with E-state index >= 15 is 0 Å². The smallest absolute Gasteiger partial charge is 0.103 e. The molecule has 2 aromatic carbocycles. The van der Waals surface area contributed by atoms with Crippen molar-refractivity contribution in [1.82, 2.24) is 0 Å². The number of anilines is 1. The van der Waals surface area contributed by atoms with Crippen LogP contribution in [-0.4, -0.2) is 4.99 Å². The van der Waals surface area contributed by atoms with Crippen LogP contribution in [-0.2, 0) is 6.54 Å². The molecule has 0 saturated carbocycles. The zero-order valence-electron chi connectivity index (χ0n) is 10.6. The van der Waals surface area contributed by atoms with Gasteiger partial charge < -0.3 is 11.1 Å². The number of rotatable bonds is 4. The molecule has 0 bridgehead atoms. The molecular formula is C15H15ClN2S. The van der Waals surface area contributed by atoms with Crippen LogP contribution in [0.5, 0.6) is 0 Å². The Morgan fingerprint density at radius 2 is 1.89 bits per heavy atom. The zero-order chi connectivity index (χ0) is 13.8. The lowest BCUT2D eigenvalue weighted by atomic mass is 10.1. The summed E-state index contributed by atoms with van der Waals surface area (Å²) in [6.45, 7) is 2.79. The molecule has 0 aliphatic heterocycles. The predicted octanol–water partition coefficient (Wildman–Crippen LogP) is 3.89. The van der Waals surface area contributed by atoms with Gasteiger partial charge in [0, 0.05) is 22.8 Å². The van der Waals surface area contributed by atoms with Gasteiger partial charge in [-0.05, 0) is 48.4 Å². The van der Waals surface area contributed by atoms with Gasteiger partial charge in [-0.2, -0.15) is 0 Å². The van der Waals surface area contributed by atoms with Crippen molar-refractivity contribution in [1.29, 1.82) is 0 Å². The van der Waals surface area contributed by atoms with E-state index in [1.807, 2.05) is 49.4 Å². The Kier molecular flexibility index (Phi) is 4.40. The molecule has 0 aliphatic carbocycles. The summed E-state index contributed by atoms with van der Waals surface area (Å²) >= 11 is 10.8. The van der Waals surface area contributed by atoms with E-state index in [1.165, 1.54) is 5.56 Å². The summed E-state index contributed by atoms with van der Waals surface area (Å²) in [5.74, 6) is 0. The fourth-order valence-electron chi connectivity index (χ4n) is 1.81. The highest BCUT2D eigenvalue weighted by Crippen LogP contribution is 2.18. The topological polar surface area (TPSA) is 38.0 Å². The van der Waals surface area contributed by atoms with Gasteiger partial charge in [0.1, 0.15) is 4.99 Å². The van der Waals surface area contributed by atoms with Crippen LogP contribution < -0.4 is 11.1 Å². The van der Waals surface area contributed by atoms with Crippen LogP contribution in [0.1, 0.15) is 16.7 Å². The van der Waals surface area contributed by atoms with Gasteiger partial charge >= 0.3 is 0 Å². The van der Waals surface area contributed by atoms with Gasteiger partial charge in [0.2, 0.25) is 0 Å². The molecule has 0 aliphatic rings. The molecule has 2 aromatic rings. The van der Waals surface area contributed by atoms with Crippen molar-refractivity contribution < 1.29 is 0 Å². The van der Waals surface area contributed by atoms with Gasteiger partial charge in [0.05, 0.1) is 0 Å². The number of aryl methyl sites for hydroxylation is 1. The summed E-state index contributed by atoms with van der Waals surface area (Å²) in [6, 6.07) is 13.7. The monoisotopic (exact) mass is 290 g/mol. The average molecular weight is 291 g/mol. The fraction of sp³-hybridized carbons (Fsp3) is 0.133. The number of thiocarbonyl (C=S) groups is 1. The van der Waals surface area contributed by atoms with Crippen LogP contribution in [0.25, 0.3) is 0 Å². The third-order valence-electron chi connectivity index (χ3n) is 2.91. The van der Waals surface area contributed by atoms with E-state index in [-0.39, 0.29) is 0 Å². The minimum absolute atomic E-state index is 0.423. The molecule has 0 aromatic heterocycles. The molecular weight excluding hydrogens is 276 g/mol. The second-order valence-electron chi connectivity index (χ2n) is 4.37. The van der Waals surface area contributed by atoms with E-state index in [9.17, 15) is 0 Å². The van der Waals surface area contributed by atoms with E-state index in [1.54, 1.807) is 0 Å². The van der Waals surface area contributed by atoms with Crippen molar-refractivity contribution in [3.63, 3.8) is 0 Å². The summed E-state index contributed by atoms with van der Waals surface area (Å²) in [5, 5.41) is 4.14. The first-order valence-electron chi connectivity index (χ1n) is 5.95. The van der Waals surface area contributed by atoms with Gasteiger partial charge in [0.15, 0.2) is 0 Å². The van der Waals surface area contributed by atoms with E-state index in [0.29, 0.717) is 4.99 Å². The molecule has 3 N–H and O–H groups in total. The second-order valence-corrected chi connectivity index (χ2v) is 5.25. The third kappa shape index (κ3) is 3.69. The van der Waals surface area contributed by atoms with Crippen LogP contribution in [0, 0.1) is 6.92 Å². The van der Waals surface area contributed by atoms with Crippen LogP contribution in [0.4, 0.5) is 5.69 Å². The number of nitrogens with two attached hydrogens (primary N) is 1. The SMILES string of the molecule is Cc1cc(C(N)=S)ccc1NCc1ccc(Cl)cc1. The zero-order valence-corrected chi connectivity index (χ0v) is 12.2. The summed E-state index contributed by atoms with van der Waals surface area (Å²) in [5.41, 5.74) is 9.89. The first-order chi connectivity index (χ1) is 9.06. The highest BCUT2D eigenvalue weighted by atomic mass is 35.5. The Balaban J connectivity index is 2.07. The van der Waals surface area contributed by atoms with Crippen molar-refractivity contribution in [3.05, 3.63) is 64.2 Å². The lowest BCUT2D eigenvalue weighted by Crippen LogP contribution is -2.10. The van der Waals surface area contributed by atoms with Crippen LogP contribution in [0.15, 0.2) is 42.5 Å². The summed E-state index contributed by atoms with van der Waals surface area (Å²) in [7, 11) is 0. The van der Waals surface area contributed by atoms with Crippen molar-refractivity contribution in [2.24, 2.45) is 5.73 Å². The normalized spacial score (nSPS) is 10.2. The van der Waals surface area contributed by atoms with E-state index < -0.39 is 0 Å². The lowest BCUT2D eigenvalue weighted by molar-refractivity contribution is 1.14. The van der Waals surface area contributed by atoms with Gasteiger partial charge in [-0.15, -0.1) is 0 Å². The standard InChI is InChI=1S/C15H15ClN2S/c1-10-8-12(15(17)19)4-7-14(10)18-9-11-2-5-13(16)6-3-11/h2-8,18H,9H2,1H3,(H2,17,19). The summed E-state index contributed by atoms with van der Waals surface area (Å²) in [6.07, 6.45) is 0. The van der Waals surface area contributed by atoms with Crippen molar-refractivity contribution in [2.75, 3.05) is 5.32 Å². The Hall–Kier alpha value is -1.58. The highest BCUT2D eigenvalue weighted by Gasteiger charge is 2.02. The Labute approximate surface area is 123 Å². The van der Waals surface area contributed by atoms with Crippen molar-refractivity contribution >= 4 is 34.5 Å². The molecule has 0 atom stereocenters. The van der Waals surface area contributed by atoms with E-state index in [4.69, 9.17) is 29.6 Å². The molecule has 0 fully saturated rings. The number of hydrogen-bond donors (Lipinski definition) is 2. The Morgan fingerprint density at radius 1 is 1.21 bits per heavy atom. The Bertz CT molecular complexity index is 594. The maximum atomic E-state index is 5.86. The van der Waals surface area contributed by atoms with Crippen molar-refractivity contribution in [3.8, 4) is 0 Å². The van der Waals surface area contributed by atoms with Gasteiger partial charge in [0.25, 0.3) is 0 Å². The third-order valence-corrected chi connectivity index (χ3v) is 3.39. The number of halogens is 1. The van der Waals surface area contributed by atoms with Crippen LogP contribution in [0.3, 0.4) is 0 Å². The molecule has 0 saturated heterocycles. The molecule has 0 heterocycles. The molecule has 2 rings (SSSR count). The highest BCUT2D eigenvalue weighted by molar-refractivity contribution is 7.80. The quantitative estimate of drug-likeness (QED) is 0.839. The number of nitrogens with one attached hydrogen (secondary N) is 1. The lowest BCUT2D eigenvalue weighted by Gasteiger charge is -2.11.